The zero-order valence-electron chi connectivity index (χ0n) is 18.2. The molecule has 0 amide bonds. The molecule has 0 bridgehead atoms. The van der Waals surface area contributed by atoms with Crippen molar-refractivity contribution in [3.8, 4) is 0 Å². The number of hydrogen-bond donors (Lipinski definition) is 2. The summed E-state index contributed by atoms with van der Waals surface area (Å²) in [7, 11) is 1.88. The van der Waals surface area contributed by atoms with Crippen LogP contribution in [-0.4, -0.2) is 74.7 Å². The lowest BCUT2D eigenvalue weighted by Crippen LogP contribution is -2.45. The van der Waals surface area contributed by atoms with Gasteiger partial charge in [0.25, 0.3) is 0 Å². The third kappa shape index (κ3) is 9.79. The maximum Gasteiger partial charge on any atom is 0.190 e. The van der Waals surface area contributed by atoms with Crippen molar-refractivity contribution in [2.24, 2.45) is 16.8 Å². The largest absolute Gasteiger partial charge is 0.356 e. The van der Waals surface area contributed by atoms with E-state index in [4.69, 9.17) is 0 Å². The van der Waals surface area contributed by atoms with Crippen LogP contribution < -0.4 is 10.6 Å². The lowest BCUT2D eigenvalue weighted by atomic mass is 9.97. The van der Waals surface area contributed by atoms with Crippen LogP contribution in [0.25, 0.3) is 0 Å². The number of aliphatic imine (C=N–C) groups is 1. The molecule has 2 aliphatic rings. The van der Waals surface area contributed by atoms with Crippen molar-refractivity contribution < 1.29 is 0 Å². The van der Waals surface area contributed by atoms with E-state index in [1.807, 2.05) is 7.05 Å². The molecule has 0 radical (unpaired) electrons. The molecule has 2 fully saturated rings. The van der Waals surface area contributed by atoms with E-state index in [1.54, 1.807) is 0 Å². The van der Waals surface area contributed by atoms with Crippen LogP contribution in [0, 0.1) is 11.8 Å². The Hall–Kier alpha value is -0.0800. The number of guanidine groups is 1. The highest BCUT2D eigenvalue weighted by Crippen LogP contribution is 2.17. The summed E-state index contributed by atoms with van der Waals surface area (Å²) < 4.78 is 0. The standard InChI is InChI=1S/C21H43N5.HI/c1-18(2)16-25-12-7-10-20(17-25)15-24-21(22-4)23-11-8-14-26-13-6-5-9-19(26)3;/h18-20H,5-17H2,1-4H3,(H2,22,23,24);1H. The topological polar surface area (TPSA) is 42.9 Å². The van der Waals surface area contributed by atoms with Gasteiger partial charge in [0.1, 0.15) is 0 Å². The molecule has 160 valence electrons. The molecular weight excluding hydrogens is 449 g/mol. The number of halogens is 1. The number of piperidine rings is 2. The summed E-state index contributed by atoms with van der Waals surface area (Å²) >= 11 is 0. The van der Waals surface area contributed by atoms with Crippen LogP contribution in [-0.2, 0) is 0 Å². The number of rotatable bonds is 8. The van der Waals surface area contributed by atoms with Crippen molar-refractivity contribution in [3.63, 3.8) is 0 Å². The molecule has 0 aromatic rings. The zero-order valence-corrected chi connectivity index (χ0v) is 20.5. The highest BCUT2D eigenvalue weighted by Gasteiger charge is 2.20. The van der Waals surface area contributed by atoms with Crippen molar-refractivity contribution in [2.75, 3.05) is 52.9 Å². The molecule has 2 rings (SSSR count). The summed E-state index contributed by atoms with van der Waals surface area (Å²) in [6.45, 7) is 15.3. The summed E-state index contributed by atoms with van der Waals surface area (Å²) in [5.74, 6) is 2.48. The first kappa shape index (κ1) is 25.0. The Morgan fingerprint density at radius 2 is 1.93 bits per heavy atom. The Morgan fingerprint density at radius 3 is 2.63 bits per heavy atom. The van der Waals surface area contributed by atoms with Gasteiger partial charge < -0.3 is 20.4 Å². The van der Waals surface area contributed by atoms with E-state index in [9.17, 15) is 0 Å². The fourth-order valence-corrected chi connectivity index (χ4v) is 4.44. The van der Waals surface area contributed by atoms with Crippen molar-refractivity contribution >= 4 is 29.9 Å². The molecule has 0 saturated carbocycles. The van der Waals surface area contributed by atoms with Crippen molar-refractivity contribution in [2.45, 2.75) is 65.3 Å². The van der Waals surface area contributed by atoms with E-state index in [-0.39, 0.29) is 24.0 Å². The molecule has 2 saturated heterocycles. The van der Waals surface area contributed by atoms with Crippen LogP contribution >= 0.6 is 24.0 Å². The van der Waals surface area contributed by atoms with Gasteiger partial charge in [0.15, 0.2) is 5.96 Å². The number of nitrogens with one attached hydrogen (secondary N) is 2. The molecule has 2 N–H and O–H groups in total. The van der Waals surface area contributed by atoms with Crippen LogP contribution in [0.3, 0.4) is 0 Å². The van der Waals surface area contributed by atoms with Crippen molar-refractivity contribution in [1.82, 2.24) is 20.4 Å². The van der Waals surface area contributed by atoms with Gasteiger partial charge >= 0.3 is 0 Å². The fourth-order valence-electron chi connectivity index (χ4n) is 4.44. The first-order valence-corrected chi connectivity index (χ1v) is 11.0. The second kappa shape index (κ2) is 14.0. The molecule has 2 heterocycles. The first-order chi connectivity index (χ1) is 12.6. The highest BCUT2D eigenvalue weighted by atomic mass is 127. The minimum absolute atomic E-state index is 0. The third-order valence-corrected chi connectivity index (χ3v) is 5.86. The summed E-state index contributed by atoms with van der Waals surface area (Å²) in [6, 6.07) is 0.765. The van der Waals surface area contributed by atoms with Gasteiger partial charge in [0, 0.05) is 45.8 Å². The zero-order chi connectivity index (χ0) is 18.8. The van der Waals surface area contributed by atoms with Crippen molar-refractivity contribution in [1.29, 1.82) is 0 Å². The molecule has 0 aromatic heterocycles. The van der Waals surface area contributed by atoms with E-state index in [0.29, 0.717) is 0 Å². The van der Waals surface area contributed by atoms with E-state index >= 15 is 0 Å². The van der Waals surface area contributed by atoms with Crippen LogP contribution in [0.2, 0.25) is 0 Å². The smallest absolute Gasteiger partial charge is 0.190 e. The minimum Gasteiger partial charge on any atom is -0.356 e. The highest BCUT2D eigenvalue weighted by molar-refractivity contribution is 14.0. The van der Waals surface area contributed by atoms with Crippen LogP contribution in [0.1, 0.15) is 59.3 Å². The summed E-state index contributed by atoms with van der Waals surface area (Å²) in [6.07, 6.45) is 8.01. The molecule has 0 aromatic carbocycles. The Balaban J connectivity index is 0.00000364. The Kier molecular flexibility index (Phi) is 12.9. The van der Waals surface area contributed by atoms with Gasteiger partial charge in [-0.25, -0.2) is 0 Å². The van der Waals surface area contributed by atoms with Gasteiger partial charge in [-0.2, -0.15) is 0 Å². The predicted molar refractivity (Wildman–Crippen MR) is 128 cm³/mol. The Morgan fingerprint density at radius 1 is 1.11 bits per heavy atom. The molecular formula is C21H44IN5. The SMILES string of the molecule is CN=C(NCCCN1CCCCC1C)NCC1CCCN(CC(C)C)C1.I. The van der Waals surface area contributed by atoms with Gasteiger partial charge in [-0.3, -0.25) is 4.99 Å². The maximum absolute atomic E-state index is 4.41. The average molecular weight is 494 g/mol. The van der Waals surface area contributed by atoms with Gasteiger partial charge in [-0.05, 0) is 64.0 Å². The molecule has 6 heteroatoms. The van der Waals surface area contributed by atoms with Gasteiger partial charge in [0.05, 0.1) is 0 Å². The van der Waals surface area contributed by atoms with E-state index in [1.165, 1.54) is 71.2 Å². The number of hydrogen-bond acceptors (Lipinski definition) is 3. The molecule has 2 atom stereocenters. The molecule has 5 nitrogen and oxygen atoms in total. The quantitative estimate of drug-likeness (QED) is 0.236. The second-order valence-electron chi connectivity index (χ2n) is 8.78. The second-order valence-corrected chi connectivity index (χ2v) is 8.78. The predicted octanol–water partition coefficient (Wildman–Crippen LogP) is 3.40. The molecule has 0 aliphatic carbocycles. The molecule has 2 aliphatic heterocycles. The Labute approximate surface area is 185 Å². The van der Waals surface area contributed by atoms with E-state index < -0.39 is 0 Å². The van der Waals surface area contributed by atoms with Gasteiger partial charge in [-0.15, -0.1) is 24.0 Å². The summed E-state index contributed by atoms with van der Waals surface area (Å²) in [4.78, 5) is 9.69. The number of nitrogens with zero attached hydrogens (tertiary/aromatic N) is 3. The normalized spacial score (nSPS) is 25.3. The third-order valence-electron chi connectivity index (χ3n) is 5.86. The van der Waals surface area contributed by atoms with Crippen LogP contribution in [0.15, 0.2) is 4.99 Å². The van der Waals surface area contributed by atoms with E-state index in [0.717, 1.165) is 36.9 Å². The molecule has 0 spiro atoms. The minimum atomic E-state index is 0. The first-order valence-electron chi connectivity index (χ1n) is 11.0. The monoisotopic (exact) mass is 493 g/mol. The fraction of sp³-hybridized carbons (Fsp3) is 0.952. The average Bonchev–Trinajstić information content (AvgIpc) is 2.62. The lowest BCUT2D eigenvalue weighted by molar-refractivity contribution is 0.158. The Bertz CT molecular complexity index is 415. The molecule has 2 unspecified atom stereocenters. The maximum atomic E-state index is 4.41. The van der Waals surface area contributed by atoms with Crippen LogP contribution in [0.5, 0.6) is 0 Å². The summed E-state index contributed by atoms with van der Waals surface area (Å²) in [5.41, 5.74) is 0. The van der Waals surface area contributed by atoms with Crippen molar-refractivity contribution in [3.05, 3.63) is 0 Å². The van der Waals surface area contributed by atoms with Gasteiger partial charge in [-0.1, -0.05) is 20.3 Å². The number of likely N-dealkylation sites (tertiary alicyclic amines) is 2. The lowest BCUT2D eigenvalue weighted by Gasteiger charge is -2.34. The molecule has 27 heavy (non-hydrogen) atoms. The van der Waals surface area contributed by atoms with Crippen LogP contribution in [0.4, 0.5) is 0 Å². The van der Waals surface area contributed by atoms with Gasteiger partial charge in [0.2, 0.25) is 0 Å². The van der Waals surface area contributed by atoms with E-state index in [2.05, 4.69) is 46.2 Å². The summed E-state index contributed by atoms with van der Waals surface area (Å²) in [5, 5.41) is 7.06.